The van der Waals surface area contributed by atoms with E-state index in [1.54, 1.807) is 48.5 Å². The molecule has 5 rings (SSSR count). The summed E-state index contributed by atoms with van der Waals surface area (Å²) in [5.74, 6) is -0.500. The van der Waals surface area contributed by atoms with Gasteiger partial charge in [-0.2, -0.15) is 4.72 Å². The average molecular weight is 574 g/mol. The molecule has 1 aromatic heterocycles. The lowest BCUT2D eigenvalue weighted by Gasteiger charge is -2.20. The van der Waals surface area contributed by atoms with Crippen molar-refractivity contribution in [2.45, 2.75) is 76.2 Å². The van der Waals surface area contributed by atoms with Crippen molar-refractivity contribution < 1.29 is 22.4 Å². The van der Waals surface area contributed by atoms with Gasteiger partial charge in [-0.05, 0) is 73.9 Å². The van der Waals surface area contributed by atoms with Gasteiger partial charge < -0.3 is 9.15 Å². The molecule has 4 aromatic rings. The molecule has 8 heteroatoms. The van der Waals surface area contributed by atoms with E-state index in [9.17, 15) is 18.0 Å². The van der Waals surface area contributed by atoms with Gasteiger partial charge in [0.25, 0.3) is 0 Å². The summed E-state index contributed by atoms with van der Waals surface area (Å²) in [4.78, 5) is 26.4. The zero-order valence-electron chi connectivity index (χ0n) is 23.4. The van der Waals surface area contributed by atoms with Crippen LogP contribution in [0.15, 0.2) is 80.8 Å². The van der Waals surface area contributed by atoms with Crippen LogP contribution in [0.4, 0.5) is 0 Å². The number of fused-ring (bicyclic) bond motifs is 3. The number of rotatable bonds is 11. The molecule has 3 aromatic carbocycles. The highest BCUT2D eigenvalue weighted by Gasteiger charge is 2.30. The van der Waals surface area contributed by atoms with E-state index < -0.39 is 22.0 Å². The predicted molar refractivity (Wildman–Crippen MR) is 159 cm³/mol. The maximum absolute atomic E-state index is 13.8. The van der Waals surface area contributed by atoms with E-state index >= 15 is 0 Å². The molecule has 0 saturated carbocycles. The largest absolute Gasteiger partial charge is 0.425 e. The first-order valence-electron chi connectivity index (χ1n) is 14.2. The summed E-state index contributed by atoms with van der Waals surface area (Å²) >= 11 is 0. The predicted octanol–water partition coefficient (Wildman–Crippen LogP) is 6.34. The molecule has 0 spiro atoms. The molecule has 1 atom stereocenters. The molecule has 0 saturated heterocycles. The Labute approximate surface area is 240 Å². The second-order valence-electron chi connectivity index (χ2n) is 10.7. The van der Waals surface area contributed by atoms with Gasteiger partial charge in [-0.1, -0.05) is 74.2 Å². The lowest BCUT2D eigenvalue weighted by atomic mass is 9.99. The first kappa shape index (κ1) is 28.8. The van der Waals surface area contributed by atoms with E-state index in [4.69, 9.17) is 9.15 Å². The number of hydrogen-bond acceptors (Lipinski definition) is 6. The Morgan fingerprint density at radius 2 is 1.71 bits per heavy atom. The number of aryl methyl sites for hydroxylation is 3. The fourth-order valence-electron chi connectivity index (χ4n) is 5.39. The molecule has 0 radical (unpaired) electrons. The third-order valence-corrected chi connectivity index (χ3v) is 9.08. The Morgan fingerprint density at radius 3 is 2.44 bits per heavy atom. The number of hydrogen-bond donors (Lipinski definition) is 1. The van der Waals surface area contributed by atoms with Gasteiger partial charge in [0.2, 0.25) is 10.0 Å². The smallest absolute Gasteiger partial charge is 0.339 e. The second-order valence-corrected chi connectivity index (χ2v) is 12.4. The van der Waals surface area contributed by atoms with Crippen molar-refractivity contribution in [3.63, 3.8) is 0 Å². The Morgan fingerprint density at radius 1 is 0.976 bits per heavy atom. The lowest BCUT2D eigenvalue weighted by molar-refractivity contribution is -0.136. The molecule has 0 bridgehead atoms. The average Bonchev–Trinajstić information content (AvgIpc) is 3.46. The van der Waals surface area contributed by atoms with Crippen LogP contribution in [0.1, 0.15) is 72.9 Å². The van der Waals surface area contributed by atoms with E-state index in [1.807, 2.05) is 13.0 Å². The molecule has 1 unspecified atom stereocenters. The Bertz CT molecular complexity index is 1710. The number of ether oxygens (including phenoxy) is 1. The van der Waals surface area contributed by atoms with E-state index in [1.165, 1.54) is 12.1 Å². The standard InChI is InChI=1S/C33H35NO6S/c1-3-4-5-7-13-24-20-28-26-14-10-15-27(26)32(35)40-30(28)21-29(24)39-33(36)31(23-11-8-6-9-12-23)34-41(37,38)25-18-16-22(2)17-19-25/h6,8-9,11-12,16-21,31,34H,3-5,7,10,13-15H2,1-2H3. The number of carbonyl (C=O) groups excluding carboxylic acids is 1. The minimum Gasteiger partial charge on any atom is -0.425 e. The molecule has 1 N–H and O–H groups in total. The highest BCUT2D eigenvalue weighted by molar-refractivity contribution is 7.89. The second kappa shape index (κ2) is 12.4. The van der Waals surface area contributed by atoms with E-state index in [0.717, 1.165) is 66.2 Å². The summed E-state index contributed by atoms with van der Waals surface area (Å²) in [5, 5.41) is 0.877. The topological polar surface area (TPSA) is 103 Å². The molecule has 1 aliphatic carbocycles. The Hall–Kier alpha value is -3.75. The van der Waals surface area contributed by atoms with Gasteiger partial charge in [0, 0.05) is 17.0 Å². The van der Waals surface area contributed by atoms with Crippen LogP contribution in [-0.4, -0.2) is 14.4 Å². The highest BCUT2D eigenvalue weighted by atomic mass is 32.2. The van der Waals surface area contributed by atoms with Crippen molar-refractivity contribution in [3.05, 3.63) is 105 Å². The fourth-order valence-corrected chi connectivity index (χ4v) is 6.57. The third kappa shape index (κ3) is 6.44. The summed E-state index contributed by atoms with van der Waals surface area (Å²) in [6.07, 6.45) is 7.23. The number of nitrogens with one attached hydrogen (secondary N) is 1. The first-order chi connectivity index (χ1) is 19.8. The van der Waals surface area contributed by atoms with Crippen LogP contribution in [0.25, 0.3) is 11.0 Å². The summed E-state index contributed by atoms with van der Waals surface area (Å²) in [6, 6.07) is 17.3. The molecule has 0 aliphatic heterocycles. The normalized spacial score (nSPS) is 13.7. The lowest BCUT2D eigenvalue weighted by Crippen LogP contribution is -2.36. The van der Waals surface area contributed by atoms with Crippen LogP contribution in [0.3, 0.4) is 0 Å². The maximum atomic E-state index is 13.8. The van der Waals surface area contributed by atoms with Gasteiger partial charge in [0.15, 0.2) is 0 Å². The number of carbonyl (C=O) groups is 1. The minimum absolute atomic E-state index is 0.0507. The van der Waals surface area contributed by atoms with Gasteiger partial charge in [-0.15, -0.1) is 0 Å². The van der Waals surface area contributed by atoms with Gasteiger partial charge in [0.05, 0.1) is 4.90 Å². The number of unbranched alkanes of at least 4 members (excludes halogenated alkanes) is 3. The molecule has 0 amide bonds. The van der Waals surface area contributed by atoms with Crippen molar-refractivity contribution in [3.8, 4) is 5.75 Å². The van der Waals surface area contributed by atoms with Crippen LogP contribution >= 0.6 is 0 Å². The Kier molecular flexibility index (Phi) is 8.71. The Balaban J connectivity index is 1.52. The van der Waals surface area contributed by atoms with Gasteiger partial charge in [0.1, 0.15) is 17.4 Å². The van der Waals surface area contributed by atoms with E-state index in [0.29, 0.717) is 24.0 Å². The van der Waals surface area contributed by atoms with E-state index in [-0.39, 0.29) is 16.3 Å². The van der Waals surface area contributed by atoms with Crippen molar-refractivity contribution in [1.29, 1.82) is 0 Å². The van der Waals surface area contributed by atoms with Crippen molar-refractivity contribution in [2.24, 2.45) is 0 Å². The number of benzene rings is 3. The van der Waals surface area contributed by atoms with Crippen LogP contribution < -0.4 is 15.1 Å². The molecule has 7 nitrogen and oxygen atoms in total. The molecule has 41 heavy (non-hydrogen) atoms. The van der Waals surface area contributed by atoms with E-state index in [2.05, 4.69) is 11.6 Å². The van der Waals surface area contributed by atoms with Crippen LogP contribution in [0.5, 0.6) is 5.75 Å². The van der Waals surface area contributed by atoms with Crippen molar-refractivity contribution in [1.82, 2.24) is 4.72 Å². The third-order valence-electron chi connectivity index (χ3n) is 7.64. The van der Waals surface area contributed by atoms with Crippen LogP contribution in [0.2, 0.25) is 0 Å². The van der Waals surface area contributed by atoms with Crippen LogP contribution in [-0.2, 0) is 34.1 Å². The minimum atomic E-state index is -4.05. The summed E-state index contributed by atoms with van der Waals surface area (Å²) < 4.78 is 40.8. The van der Waals surface area contributed by atoms with Crippen LogP contribution in [0, 0.1) is 6.92 Å². The van der Waals surface area contributed by atoms with Gasteiger partial charge in [-0.3, -0.25) is 0 Å². The zero-order valence-corrected chi connectivity index (χ0v) is 24.3. The summed E-state index contributed by atoms with van der Waals surface area (Å²) in [6.45, 7) is 4.02. The van der Waals surface area contributed by atoms with Crippen molar-refractivity contribution in [2.75, 3.05) is 0 Å². The molecular weight excluding hydrogens is 538 g/mol. The van der Waals surface area contributed by atoms with Gasteiger partial charge in [-0.25, -0.2) is 18.0 Å². The summed E-state index contributed by atoms with van der Waals surface area (Å²) in [5.41, 5.74) is 3.95. The molecule has 1 aliphatic rings. The maximum Gasteiger partial charge on any atom is 0.339 e. The molecule has 1 heterocycles. The number of esters is 1. The molecular formula is C33H35NO6S. The molecule has 0 fully saturated rings. The quantitative estimate of drug-likeness (QED) is 0.0973. The summed E-state index contributed by atoms with van der Waals surface area (Å²) in [7, 11) is -4.05. The zero-order chi connectivity index (χ0) is 29.0. The van der Waals surface area contributed by atoms with Crippen molar-refractivity contribution >= 4 is 27.0 Å². The highest BCUT2D eigenvalue weighted by Crippen LogP contribution is 2.34. The fraction of sp³-hybridized carbons (Fsp3) is 0.333. The first-order valence-corrected chi connectivity index (χ1v) is 15.7. The SMILES string of the molecule is CCCCCCc1cc2c3c(c(=O)oc2cc1OC(=O)C(NS(=O)(=O)c1ccc(C)cc1)c1ccccc1)CCC3. The van der Waals surface area contributed by atoms with Gasteiger partial charge >= 0.3 is 11.6 Å². The monoisotopic (exact) mass is 573 g/mol. The molecule has 214 valence electrons. The number of sulfonamides is 1.